The number of H-pyrrole nitrogens is 1. The average Bonchev–Trinajstić information content (AvgIpc) is 2.33. The highest BCUT2D eigenvalue weighted by atomic mass is 16.1. The quantitative estimate of drug-likeness (QED) is 0.713. The molecule has 0 unspecified atom stereocenters. The summed E-state index contributed by atoms with van der Waals surface area (Å²) in [6.07, 6.45) is 3.01. The Morgan fingerprint density at radius 2 is 2.19 bits per heavy atom. The number of benzene rings is 1. The second-order valence-electron chi connectivity index (χ2n) is 3.25. The molecule has 0 aliphatic rings. The first-order valence-electron chi connectivity index (χ1n) is 4.90. The van der Waals surface area contributed by atoms with Gasteiger partial charge in [0.05, 0.1) is 0 Å². The van der Waals surface area contributed by atoms with Gasteiger partial charge in [0.25, 0.3) is 5.56 Å². The van der Waals surface area contributed by atoms with Crippen LogP contribution in [0.2, 0.25) is 0 Å². The number of aromatic nitrogens is 2. The Morgan fingerprint density at radius 1 is 1.38 bits per heavy atom. The number of hydrogen-bond acceptors (Lipinski definition) is 4. The van der Waals surface area contributed by atoms with Crippen LogP contribution in [-0.2, 0) is 6.54 Å². The van der Waals surface area contributed by atoms with Crippen molar-refractivity contribution >= 4 is 11.5 Å². The monoisotopic (exact) mass is 216 g/mol. The third-order valence-corrected chi connectivity index (χ3v) is 2.20. The van der Waals surface area contributed by atoms with Crippen molar-refractivity contribution in [3.63, 3.8) is 0 Å². The summed E-state index contributed by atoms with van der Waals surface area (Å²) >= 11 is 0. The summed E-state index contributed by atoms with van der Waals surface area (Å²) in [5, 5.41) is 2.96. The number of para-hydroxylation sites is 1. The van der Waals surface area contributed by atoms with Crippen LogP contribution in [0.5, 0.6) is 0 Å². The zero-order valence-electron chi connectivity index (χ0n) is 8.60. The van der Waals surface area contributed by atoms with Crippen molar-refractivity contribution in [2.24, 2.45) is 5.73 Å². The molecule has 0 bridgehead atoms. The van der Waals surface area contributed by atoms with Crippen LogP contribution in [0.25, 0.3) is 0 Å². The Bertz CT molecular complexity index is 535. The van der Waals surface area contributed by atoms with Gasteiger partial charge in [-0.2, -0.15) is 0 Å². The van der Waals surface area contributed by atoms with Crippen molar-refractivity contribution in [3.05, 3.63) is 52.6 Å². The van der Waals surface area contributed by atoms with Gasteiger partial charge in [-0.1, -0.05) is 18.2 Å². The van der Waals surface area contributed by atoms with Crippen LogP contribution in [-0.4, -0.2) is 9.97 Å². The third-order valence-electron chi connectivity index (χ3n) is 2.20. The Morgan fingerprint density at radius 3 is 2.94 bits per heavy atom. The van der Waals surface area contributed by atoms with E-state index in [0.717, 1.165) is 11.3 Å². The molecule has 1 aromatic carbocycles. The number of nitrogens with one attached hydrogen (secondary N) is 2. The first-order valence-corrected chi connectivity index (χ1v) is 4.90. The van der Waals surface area contributed by atoms with E-state index >= 15 is 0 Å². The summed E-state index contributed by atoms with van der Waals surface area (Å²) < 4.78 is 0. The van der Waals surface area contributed by atoms with Gasteiger partial charge in [-0.15, -0.1) is 0 Å². The molecule has 82 valence electrons. The molecule has 0 radical (unpaired) electrons. The third kappa shape index (κ3) is 2.09. The van der Waals surface area contributed by atoms with E-state index in [4.69, 9.17) is 5.73 Å². The van der Waals surface area contributed by atoms with Crippen molar-refractivity contribution in [2.75, 3.05) is 5.32 Å². The number of nitrogens with two attached hydrogens (primary N) is 1. The Balaban J connectivity index is 2.34. The lowest BCUT2D eigenvalue weighted by Crippen LogP contribution is -2.13. The molecule has 16 heavy (non-hydrogen) atoms. The zero-order chi connectivity index (χ0) is 11.4. The van der Waals surface area contributed by atoms with E-state index in [-0.39, 0.29) is 11.4 Å². The zero-order valence-corrected chi connectivity index (χ0v) is 8.60. The predicted octanol–water partition coefficient (Wildman–Crippen LogP) is 0.972. The summed E-state index contributed by atoms with van der Waals surface area (Å²) in [5.41, 5.74) is 7.08. The lowest BCUT2D eigenvalue weighted by Gasteiger charge is -2.08. The van der Waals surface area contributed by atoms with Gasteiger partial charge in [0.15, 0.2) is 5.82 Å². The van der Waals surface area contributed by atoms with Crippen LogP contribution in [0.3, 0.4) is 0 Å². The molecule has 0 aliphatic heterocycles. The number of rotatable bonds is 3. The molecule has 1 heterocycles. The molecule has 0 atom stereocenters. The van der Waals surface area contributed by atoms with E-state index in [9.17, 15) is 4.79 Å². The largest absolute Gasteiger partial charge is 0.335 e. The smallest absolute Gasteiger partial charge is 0.291 e. The number of nitrogens with zero attached hydrogens (tertiary/aromatic N) is 1. The highest BCUT2D eigenvalue weighted by Gasteiger charge is 2.03. The molecule has 0 fully saturated rings. The summed E-state index contributed by atoms with van der Waals surface area (Å²) in [4.78, 5) is 17.9. The minimum Gasteiger partial charge on any atom is -0.335 e. The van der Waals surface area contributed by atoms with Gasteiger partial charge in [-0.3, -0.25) is 4.79 Å². The maximum absolute atomic E-state index is 11.4. The first kappa shape index (κ1) is 10.4. The molecule has 5 nitrogen and oxygen atoms in total. The highest BCUT2D eigenvalue weighted by molar-refractivity contribution is 5.59. The summed E-state index contributed by atoms with van der Waals surface area (Å²) in [6, 6.07) is 7.53. The molecule has 1 aromatic heterocycles. The van der Waals surface area contributed by atoms with Crippen molar-refractivity contribution in [1.29, 1.82) is 0 Å². The molecule has 2 rings (SSSR count). The van der Waals surface area contributed by atoms with Gasteiger partial charge in [0.2, 0.25) is 0 Å². The summed E-state index contributed by atoms with van der Waals surface area (Å²) in [6.45, 7) is 0.411. The minimum absolute atomic E-state index is 0.255. The van der Waals surface area contributed by atoms with Crippen LogP contribution < -0.4 is 16.6 Å². The lowest BCUT2D eigenvalue weighted by molar-refractivity contribution is 1.07. The molecule has 2 aromatic rings. The lowest BCUT2D eigenvalue weighted by atomic mass is 10.2. The SMILES string of the molecule is NCc1ccccc1Nc1ncc[nH]c1=O. The van der Waals surface area contributed by atoms with Crippen molar-refractivity contribution in [1.82, 2.24) is 9.97 Å². The first-order chi connectivity index (χ1) is 7.81. The number of hydrogen-bond donors (Lipinski definition) is 3. The second kappa shape index (κ2) is 4.59. The Labute approximate surface area is 92.3 Å². The summed E-state index contributed by atoms with van der Waals surface area (Å²) in [7, 11) is 0. The fraction of sp³-hybridized carbons (Fsp3) is 0.0909. The fourth-order valence-corrected chi connectivity index (χ4v) is 1.39. The molecule has 0 amide bonds. The van der Waals surface area contributed by atoms with Crippen LogP contribution in [0, 0.1) is 0 Å². The highest BCUT2D eigenvalue weighted by Crippen LogP contribution is 2.16. The van der Waals surface area contributed by atoms with Gasteiger partial charge in [-0.25, -0.2) is 4.98 Å². The maximum atomic E-state index is 11.4. The predicted molar refractivity (Wildman–Crippen MR) is 62.5 cm³/mol. The van der Waals surface area contributed by atoms with Gasteiger partial charge >= 0.3 is 0 Å². The molecule has 0 spiro atoms. The van der Waals surface area contributed by atoms with E-state index < -0.39 is 0 Å². The minimum atomic E-state index is -0.255. The molecular formula is C11H12N4O. The second-order valence-corrected chi connectivity index (χ2v) is 3.25. The van der Waals surface area contributed by atoms with Crippen molar-refractivity contribution in [3.8, 4) is 0 Å². The van der Waals surface area contributed by atoms with Crippen LogP contribution in [0.1, 0.15) is 5.56 Å². The molecule has 0 saturated heterocycles. The van der Waals surface area contributed by atoms with Crippen LogP contribution in [0.4, 0.5) is 11.5 Å². The maximum Gasteiger partial charge on any atom is 0.291 e. The van der Waals surface area contributed by atoms with Crippen LogP contribution in [0.15, 0.2) is 41.5 Å². The van der Waals surface area contributed by atoms with E-state index in [0.29, 0.717) is 6.54 Å². The Hall–Kier alpha value is -2.14. The summed E-state index contributed by atoms with van der Waals surface area (Å²) in [5.74, 6) is 0.267. The molecular weight excluding hydrogens is 204 g/mol. The van der Waals surface area contributed by atoms with Crippen LogP contribution >= 0.6 is 0 Å². The number of anilines is 2. The molecule has 5 heteroatoms. The van der Waals surface area contributed by atoms with Crippen molar-refractivity contribution in [2.45, 2.75) is 6.54 Å². The van der Waals surface area contributed by atoms with Gasteiger partial charge in [0, 0.05) is 24.6 Å². The fourth-order valence-electron chi connectivity index (χ4n) is 1.39. The van der Waals surface area contributed by atoms with Gasteiger partial charge in [0.1, 0.15) is 0 Å². The molecule has 0 saturated carbocycles. The number of aromatic amines is 1. The molecule has 4 N–H and O–H groups in total. The van der Waals surface area contributed by atoms with Crippen molar-refractivity contribution < 1.29 is 0 Å². The Kier molecular flexibility index (Phi) is 2.98. The van der Waals surface area contributed by atoms with E-state index in [1.54, 1.807) is 0 Å². The average molecular weight is 216 g/mol. The van der Waals surface area contributed by atoms with E-state index in [1.165, 1.54) is 12.4 Å². The standard InChI is InChI=1S/C11H12N4O/c12-7-8-3-1-2-4-9(8)15-10-11(16)14-6-5-13-10/h1-6H,7,12H2,(H,13,15)(H,14,16). The normalized spacial score (nSPS) is 10.1. The topological polar surface area (TPSA) is 83.8 Å². The molecule has 0 aliphatic carbocycles. The van der Waals surface area contributed by atoms with E-state index in [2.05, 4.69) is 15.3 Å². The van der Waals surface area contributed by atoms with Gasteiger partial charge < -0.3 is 16.0 Å². The van der Waals surface area contributed by atoms with Gasteiger partial charge in [-0.05, 0) is 11.6 Å². The van der Waals surface area contributed by atoms with E-state index in [1.807, 2.05) is 24.3 Å².